The van der Waals surface area contributed by atoms with E-state index in [-0.39, 0.29) is 37.2 Å². The third-order valence-electron chi connectivity index (χ3n) is 1.53. The molecule has 1 aliphatic heterocycles. The standard InChI is InChI=1S/C6H11NO.3ClH/c8-5-6-2-1-3-7-4-6;;;/h5-7H,1-4H2;3*1H. The van der Waals surface area contributed by atoms with Crippen LogP contribution in [0.1, 0.15) is 12.8 Å². The molecule has 1 rings (SSSR count). The number of carbonyl (C=O) groups is 1. The molecule has 0 spiro atoms. The molecular formula is C6H14Cl3NO. The molecule has 0 aromatic heterocycles. The second kappa shape index (κ2) is 10.5. The number of nitrogens with one attached hydrogen (secondary N) is 1. The van der Waals surface area contributed by atoms with Crippen molar-refractivity contribution in [1.29, 1.82) is 0 Å². The molecule has 0 bridgehead atoms. The average molecular weight is 223 g/mol. The Morgan fingerprint density at radius 1 is 1.27 bits per heavy atom. The fourth-order valence-corrected chi connectivity index (χ4v) is 0.995. The van der Waals surface area contributed by atoms with Crippen LogP contribution in [0.3, 0.4) is 0 Å². The summed E-state index contributed by atoms with van der Waals surface area (Å²) in [5, 5.41) is 3.15. The van der Waals surface area contributed by atoms with Crippen LogP contribution in [-0.4, -0.2) is 19.4 Å². The summed E-state index contributed by atoms with van der Waals surface area (Å²) in [7, 11) is 0. The topological polar surface area (TPSA) is 29.1 Å². The highest BCUT2D eigenvalue weighted by Crippen LogP contribution is 2.05. The Morgan fingerprint density at radius 3 is 2.18 bits per heavy atom. The average Bonchev–Trinajstić information content (AvgIpc) is 1.90. The van der Waals surface area contributed by atoms with E-state index >= 15 is 0 Å². The van der Waals surface area contributed by atoms with Gasteiger partial charge in [0.05, 0.1) is 0 Å². The molecular weight excluding hydrogens is 208 g/mol. The Bertz CT molecular complexity index is 85.9. The van der Waals surface area contributed by atoms with Crippen molar-refractivity contribution in [2.24, 2.45) is 5.92 Å². The molecule has 0 aliphatic carbocycles. The highest BCUT2D eigenvalue weighted by Gasteiger charge is 2.09. The zero-order chi connectivity index (χ0) is 5.82. The highest BCUT2D eigenvalue weighted by atomic mass is 35.5. The van der Waals surface area contributed by atoms with Gasteiger partial charge in [0.2, 0.25) is 0 Å². The number of halogens is 3. The summed E-state index contributed by atoms with van der Waals surface area (Å²) in [6, 6.07) is 0. The molecule has 11 heavy (non-hydrogen) atoms. The van der Waals surface area contributed by atoms with Crippen molar-refractivity contribution in [3.8, 4) is 0 Å². The van der Waals surface area contributed by atoms with E-state index in [1.54, 1.807) is 0 Å². The van der Waals surface area contributed by atoms with Crippen LogP contribution in [0.2, 0.25) is 0 Å². The molecule has 1 N–H and O–H groups in total. The zero-order valence-electron chi connectivity index (χ0n) is 6.12. The molecule has 0 saturated carbocycles. The SMILES string of the molecule is Cl.Cl.Cl.O=CC1CCCNC1. The van der Waals surface area contributed by atoms with Crippen molar-refractivity contribution < 1.29 is 4.79 Å². The van der Waals surface area contributed by atoms with E-state index in [1.165, 1.54) is 0 Å². The van der Waals surface area contributed by atoms with Gasteiger partial charge in [0.1, 0.15) is 6.29 Å². The van der Waals surface area contributed by atoms with Gasteiger partial charge in [0, 0.05) is 12.5 Å². The quantitative estimate of drug-likeness (QED) is 0.681. The van der Waals surface area contributed by atoms with E-state index in [9.17, 15) is 4.79 Å². The molecule has 1 saturated heterocycles. The first kappa shape index (κ1) is 17.5. The zero-order valence-corrected chi connectivity index (χ0v) is 8.57. The predicted octanol–water partition coefficient (Wildman–Crippen LogP) is 1.45. The van der Waals surface area contributed by atoms with Crippen LogP contribution >= 0.6 is 37.2 Å². The van der Waals surface area contributed by atoms with Gasteiger partial charge in [-0.05, 0) is 19.4 Å². The Kier molecular flexibility index (Phi) is 16.8. The molecule has 2 nitrogen and oxygen atoms in total. The first-order chi connectivity index (χ1) is 3.93. The lowest BCUT2D eigenvalue weighted by Crippen LogP contribution is -2.30. The van der Waals surface area contributed by atoms with Crippen LogP contribution in [0.25, 0.3) is 0 Å². The summed E-state index contributed by atoms with van der Waals surface area (Å²) in [4.78, 5) is 10.1. The van der Waals surface area contributed by atoms with E-state index in [4.69, 9.17) is 0 Å². The van der Waals surface area contributed by atoms with Gasteiger partial charge in [0.15, 0.2) is 0 Å². The number of carbonyl (C=O) groups excluding carboxylic acids is 1. The normalized spacial score (nSPS) is 21.6. The number of aldehydes is 1. The maximum atomic E-state index is 10.1. The van der Waals surface area contributed by atoms with Gasteiger partial charge in [0.25, 0.3) is 0 Å². The number of rotatable bonds is 1. The lowest BCUT2D eigenvalue weighted by Gasteiger charge is -2.16. The maximum Gasteiger partial charge on any atom is 0.124 e. The monoisotopic (exact) mass is 221 g/mol. The van der Waals surface area contributed by atoms with Crippen LogP contribution in [-0.2, 0) is 4.79 Å². The smallest absolute Gasteiger partial charge is 0.124 e. The molecule has 70 valence electrons. The van der Waals surface area contributed by atoms with E-state index in [0.717, 1.165) is 32.2 Å². The van der Waals surface area contributed by atoms with E-state index in [2.05, 4.69) is 5.32 Å². The Morgan fingerprint density at radius 2 is 1.91 bits per heavy atom. The summed E-state index contributed by atoms with van der Waals surface area (Å²) >= 11 is 0. The van der Waals surface area contributed by atoms with Crippen molar-refractivity contribution in [1.82, 2.24) is 5.32 Å². The minimum atomic E-state index is 0. The molecule has 0 aromatic carbocycles. The first-order valence-electron chi connectivity index (χ1n) is 3.09. The lowest BCUT2D eigenvalue weighted by molar-refractivity contribution is -0.111. The number of hydrogen-bond donors (Lipinski definition) is 1. The largest absolute Gasteiger partial charge is 0.316 e. The van der Waals surface area contributed by atoms with E-state index in [0.29, 0.717) is 5.92 Å². The van der Waals surface area contributed by atoms with Crippen LogP contribution in [0.4, 0.5) is 0 Å². The first-order valence-corrected chi connectivity index (χ1v) is 3.09. The fourth-order valence-electron chi connectivity index (χ4n) is 0.995. The number of piperidine rings is 1. The molecule has 1 unspecified atom stereocenters. The molecule has 5 heteroatoms. The van der Waals surface area contributed by atoms with Crippen molar-refractivity contribution in [2.75, 3.05) is 13.1 Å². The second-order valence-corrected chi connectivity index (χ2v) is 2.24. The Labute approximate surface area is 85.7 Å². The summed E-state index contributed by atoms with van der Waals surface area (Å²) in [6.45, 7) is 1.98. The van der Waals surface area contributed by atoms with Crippen LogP contribution in [0, 0.1) is 5.92 Å². The number of hydrogen-bond acceptors (Lipinski definition) is 2. The van der Waals surface area contributed by atoms with Crippen LogP contribution < -0.4 is 5.32 Å². The predicted molar refractivity (Wildman–Crippen MR) is 53.4 cm³/mol. The summed E-state index contributed by atoms with van der Waals surface area (Å²) in [5.74, 6) is 0.295. The van der Waals surface area contributed by atoms with Gasteiger partial charge < -0.3 is 10.1 Å². The molecule has 0 amide bonds. The summed E-state index contributed by atoms with van der Waals surface area (Å²) in [6.07, 6.45) is 3.28. The van der Waals surface area contributed by atoms with E-state index in [1.807, 2.05) is 0 Å². The molecule has 1 atom stereocenters. The third kappa shape index (κ3) is 6.88. The van der Waals surface area contributed by atoms with Crippen molar-refractivity contribution in [3.05, 3.63) is 0 Å². The Balaban J connectivity index is -0.000000213. The molecule has 1 heterocycles. The summed E-state index contributed by atoms with van der Waals surface area (Å²) < 4.78 is 0. The minimum Gasteiger partial charge on any atom is -0.316 e. The van der Waals surface area contributed by atoms with Gasteiger partial charge in [-0.25, -0.2) is 0 Å². The minimum absolute atomic E-state index is 0. The Hall–Kier alpha value is 0.500. The van der Waals surface area contributed by atoms with Crippen molar-refractivity contribution in [3.63, 3.8) is 0 Å². The van der Waals surface area contributed by atoms with Gasteiger partial charge in [-0.1, -0.05) is 0 Å². The van der Waals surface area contributed by atoms with Gasteiger partial charge in [-0.15, -0.1) is 37.2 Å². The second-order valence-electron chi connectivity index (χ2n) is 2.24. The van der Waals surface area contributed by atoms with Crippen molar-refractivity contribution in [2.45, 2.75) is 12.8 Å². The fraction of sp³-hybridized carbons (Fsp3) is 0.833. The molecule has 1 aliphatic rings. The van der Waals surface area contributed by atoms with Crippen LogP contribution in [0.15, 0.2) is 0 Å². The van der Waals surface area contributed by atoms with Crippen LogP contribution in [0.5, 0.6) is 0 Å². The van der Waals surface area contributed by atoms with Gasteiger partial charge >= 0.3 is 0 Å². The molecule has 0 aromatic rings. The van der Waals surface area contributed by atoms with Gasteiger partial charge in [-0.2, -0.15) is 0 Å². The van der Waals surface area contributed by atoms with Gasteiger partial charge in [-0.3, -0.25) is 0 Å². The maximum absolute atomic E-state index is 10.1. The third-order valence-corrected chi connectivity index (χ3v) is 1.53. The summed E-state index contributed by atoms with van der Waals surface area (Å²) in [5.41, 5.74) is 0. The molecule has 1 fully saturated rings. The lowest BCUT2D eigenvalue weighted by atomic mass is 10.0. The van der Waals surface area contributed by atoms with Crippen molar-refractivity contribution >= 4 is 43.5 Å². The molecule has 0 radical (unpaired) electrons. The van der Waals surface area contributed by atoms with E-state index < -0.39 is 0 Å². The highest BCUT2D eigenvalue weighted by molar-refractivity contribution is 5.86.